The van der Waals surface area contributed by atoms with E-state index in [1.165, 1.54) is 29.5 Å². The Morgan fingerprint density at radius 1 is 1.06 bits per heavy atom. The number of methoxy groups -OCH3 is 1. The van der Waals surface area contributed by atoms with E-state index in [2.05, 4.69) is 21.8 Å². The van der Waals surface area contributed by atoms with E-state index in [1.807, 2.05) is 18.2 Å². The van der Waals surface area contributed by atoms with Crippen LogP contribution in [-0.4, -0.2) is 53.2 Å². The summed E-state index contributed by atoms with van der Waals surface area (Å²) < 4.78 is 11.7. The summed E-state index contributed by atoms with van der Waals surface area (Å²) in [6.45, 7) is 6.08. The number of hydrogen-bond donors (Lipinski definition) is 2. The number of likely N-dealkylation sites (tertiary alicyclic amines) is 1. The van der Waals surface area contributed by atoms with Gasteiger partial charge in [-0.3, -0.25) is 4.90 Å². The van der Waals surface area contributed by atoms with E-state index >= 15 is 0 Å². The van der Waals surface area contributed by atoms with Crippen molar-refractivity contribution in [3.05, 3.63) is 34.8 Å². The molecule has 182 valence electrons. The number of nitrogens with two attached hydrogens (primary N) is 2. The first-order chi connectivity index (χ1) is 16.6. The van der Waals surface area contributed by atoms with E-state index in [9.17, 15) is 0 Å². The van der Waals surface area contributed by atoms with E-state index in [-0.39, 0.29) is 0 Å². The number of ether oxygens (including phenoxy) is 2. The predicted molar refractivity (Wildman–Crippen MR) is 140 cm³/mol. The van der Waals surface area contributed by atoms with Crippen LogP contribution in [0.5, 0.6) is 11.5 Å². The number of hydrogen-bond acceptors (Lipinski definition) is 10. The second-order valence-corrected chi connectivity index (χ2v) is 10.2. The lowest BCUT2D eigenvalue weighted by Gasteiger charge is -2.16. The van der Waals surface area contributed by atoms with Crippen LogP contribution in [0.25, 0.3) is 10.6 Å². The fourth-order valence-corrected chi connectivity index (χ4v) is 6.03. The molecule has 0 aliphatic carbocycles. The van der Waals surface area contributed by atoms with Gasteiger partial charge in [0, 0.05) is 28.8 Å². The third-order valence-electron chi connectivity index (χ3n) is 5.61. The zero-order valence-electron chi connectivity index (χ0n) is 19.7. The predicted octanol–water partition coefficient (Wildman–Crippen LogP) is 4.49. The molecule has 0 amide bonds. The summed E-state index contributed by atoms with van der Waals surface area (Å²) in [4.78, 5) is 17.2. The Kier molecular flexibility index (Phi) is 8.47. The van der Waals surface area contributed by atoms with E-state index in [4.69, 9.17) is 25.9 Å². The van der Waals surface area contributed by atoms with Gasteiger partial charge in [-0.1, -0.05) is 25.1 Å². The van der Waals surface area contributed by atoms with Crippen molar-refractivity contribution in [2.45, 2.75) is 43.5 Å². The van der Waals surface area contributed by atoms with Crippen molar-refractivity contribution in [1.82, 2.24) is 19.9 Å². The van der Waals surface area contributed by atoms with Crippen molar-refractivity contribution in [2.24, 2.45) is 0 Å². The molecule has 3 aromatic rings. The molecular formula is C24H32N6O2S2. The molecule has 1 saturated heterocycles. The average molecular weight is 501 g/mol. The Bertz CT molecular complexity index is 1080. The molecule has 4 N–H and O–H groups in total. The summed E-state index contributed by atoms with van der Waals surface area (Å²) in [6, 6.07) is 7.59. The first kappa shape index (κ1) is 24.6. The Morgan fingerprint density at radius 2 is 1.82 bits per heavy atom. The van der Waals surface area contributed by atoms with Gasteiger partial charge in [0.1, 0.15) is 23.3 Å². The molecule has 1 aliphatic rings. The minimum atomic E-state index is 0.373. The second-order valence-electron chi connectivity index (χ2n) is 8.19. The molecule has 0 spiro atoms. The second kappa shape index (κ2) is 11.7. The van der Waals surface area contributed by atoms with E-state index in [0.29, 0.717) is 29.2 Å². The maximum atomic E-state index is 6.13. The molecule has 10 heteroatoms. The Balaban J connectivity index is 1.50. The van der Waals surface area contributed by atoms with Crippen LogP contribution in [0.3, 0.4) is 0 Å². The standard InChI is InChI=1S/C24H32N6O2S2/c1-3-6-20-17(15-33-24-28-21(25)14-22(26)29-24)27-23(34-20)16-7-8-18(31-2)19(13-16)32-12-11-30-9-4-5-10-30/h7-8,13-14H,3-6,9-12,15H2,1-2H3,(H4,25,26,28,29). The van der Waals surface area contributed by atoms with Crippen molar-refractivity contribution >= 4 is 34.7 Å². The molecule has 0 saturated carbocycles. The highest BCUT2D eigenvalue weighted by Crippen LogP contribution is 2.37. The van der Waals surface area contributed by atoms with Gasteiger partial charge in [-0.25, -0.2) is 15.0 Å². The minimum Gasteiger partial charge on any atom is -0.493 e. The van der Waals surface area contributed by atoms with Gasteiger partial charge in [0.15, 0.2) is 16.7 Å². The van der Waals surface area contributed by atoms with Gasteiger partial charge in [-0.05, 0) is 50.6 Å². The van der Waals surface area contributed by atoms with Crippen LogP contribution in [0.15, 0.2) is 29.4 Å². The van der Waals surface area contributed by atoms with Crippen molar-refractivity contribution < 1.29 is 9.47 Å². The molecule has 1 fully saturated rings. The van der Waals surface area contributed by atoms with Crippen molar-refractivity contribution in [2.75, 3.05) is 44.8 Å². The summed E-state index contributed by atoms with van der Waals surface area (Å²) in [5, 5.41) is 1.53. The summed E-state index contributed by atoms with van der Waals surface area (Å²) in [5.74, 6) is 2.90. The summed E-state index contributed by atoms with van der Waals surface area (Å²) in [5.41, 5.74) is 13.7. The van der Waals surface area contributed by atoms with Gasteiger partial charge in [-0.2, -0.15) is 0 Å². The van der Waals surface area contributed by atoms with Gasteiger partial charge in [-0.15, -0.1) is 11.3 Å². The van der Waals surface area contributed by atoms with Crippen LogP contribution in [-0.2, 0) is 12.2 Å². The number of nitrogens with zero attached hydrogens (tertiary/aromatic N) is 4. The molecule has 34 heavy (non-hydrogen) atoms. The highest BCUT2D eigenvalue weighted by Gasteiger charge is 2.16. The largest absolute Gasteiger partial charge is 0.493 e. The number of benzene rings is 1. The van der Waals surface area contributed by atoms with E-state index < -0.39 is 0 Å². The molecule has 0 radical (unpaired) electrons. The van der Waals surface area contributed by atoms with Gasteiger partial charge in [0.25, 0.3) is 0 Å². The number of nitrogen functional groups attached to an aromatic ring is 2. The fraction of sp³-hybridized carbons (Fsp3) is 0.458. The third kappa shape index (κ3) is 6.31. The van der Waals surface area contributed by atoms with Gasteiger partial charge >= 0.3 is 0 Å². The Labute approximate surface area is 209 Å². The Hall–Kier alpha value is -2.56. The lowest BCUT2D eigenvalue weighted by molar-refractivity contribution is 0.230. The molecule has 2 aromatic heterocycles. The molecular weight excluding hydrogens is 468 g/mol. The molecule has 0 unspecified atom stereocenters. The average Bonchev–Trinajstić information content (AvgIpc) is 3.47. The number of aryl methyl sites for hydroxylation is 1. The quantitative estimate of drug-likeness (QED) is 0.290. The van der Waals surface area contributed by atoms with Gasteiger partial charge < -0.3 is 20.9 Å². The first-order valence-corrected chi connectivity index (χ1v) is 13.4. The molecule has 8 nitrogen and oxygen atoms in total. The van der Waals surface area contributed by atoms with Crippen LogP contribution in [0.2, 0.25) is 0 Å². The molecule has 1 aromatic carbocycles. The van der Waals surface area contributed by atoms with Crippen molar-refractivity contribution in [1.29, 1.82) is 0 Å². The summed E-state index contributed by atoms with van der Waals surface area (Å²) in [7, 11) is 1.67. The molecule has 1 aliphatic heterocycles. The number of thiazole rings is 1. The van der Waals surface area contributed by atoms with E-state index in [0.717, 1.165) is 60.2 Å². The molecule has 4 rings (SSSR count). The fourth-order valence-electron chi connectivity index (χ4n) is 3.91. The lowest BCUT2D eigenvalue weighted by Crippen LogP contribution is -2.25. The van der Waals surface area contributed by atoms with Crippen molar-refractivity contribution in [3.8, 4) is 22.1 Å². The van der Waals surface area contributed by atoms with Crippen LogP contribution in [0.1, 0.15) is 36.8 Å². The lowest BCUT2D eigenvalue weighted by atomic mass is 10.2. The highest BCUT2D eigenvalue weighted by atomic mass is 32.2. The number of thioether (sulfide) groups is 1. The number of anilines is 2. The van der Waals surface area contributed by atoms with Gasteiger partial charge in [0.05, 0.1) is 12.8 Å². The molecule has 0 bridgehead atoms. The molecule has 0 atom stereocenters. The smallest absolute Gasteiger partial charge is 0.191 e. The number of rotatable bonds is 11. The first-order valence-electron chi connectivity index (χ1n) is 11.6. The van der Waals surface area contributed by atoms with Crippen molar-refractivity contribution in [3.63, 3.8) is 0 Å². The maximum Gasteiger partial charge on any atom is 0.191 e. The summed E-state index contributed by atoms with van der Waals surface area (Å²) in [6.07, 6.45) is 4.58. The van der Waals surface area contributed by atoms with Crippen LogP contribution >= 0.6 is 23.1 Å². The zero-order valence-corrected chi connectivity index (χ0v) is 21.4. The zero-order chi connectivity index (χ0) is 23.9. The van der Waals surface area contributed by atoms with Crippen LogP contribution in [0, 0.1) is 0 Å². The monoisotopic (exact) mass is 500 g/mol. The SMILES string of the molecule is CCCc1sc(-c2ccc(OC)c(OCCN3CCCC3)c2)nc1CSc1nc(N)cc(N)n1. The maximum absolute atomic E-state index is 6.13. The topological polar surface area (TPSA) is 112 Å². The minimum absolute atomic E-state index is 0.373. The number of aromatic nitrogens is 3. The summed E-state index contributed by atoms with van der Waals surface area (Å²) >= 11 is 3.22. The molecule has 3 heterocycles. The van der Waals surface area contributed by atoms with Gasteiger partial charge in [0.2, 0.25) is 0 Å². The third-order valence-corrected chi connectivity index (χ3v) is 7.68. The normalized spacial score (nSPS) is 13.9. The van der Waals surface area contributed by atoms with E-state index in [1.54, 1.807) is 24.5 Å². The highest BCUT2D eigenvalue weighted by molar-refractivity contribution is 7.98. The van der Waals surface area contributed by atoms with Crippen LogP contribution < -0.4 is 20.9 Å². The Morgan fingerprint density at radius 3 is 2.53 bits per heavy atom. The van der Waals surface area contributed by atoms with Crippen LogP contribution in [0.4, 0.5) is 11.6 Å².